The van der Waals surface area contributed by atoms with Crippen LogP contribution in [0.25, 0.3) is 0 Å². The number of nitrogens with zero attached hydrogens (tertiary/aromatic N) is 1. The lowest BCUT2D eigenvalue weighted by atomic mass is 9.95. The van der Waals surface area contributed by atoms with Crippen LogP contribution in [0.15, 0.2) is 24.3 Å². The van der Waals surface area contributed by atoms with E-state index in [0.717, 1.165) is 18.5 Å². The van der Waals surface area contributed by atoms with E-state index in [9.17, 15) is 4.79 Å². The van der Waals surface area contributed by atoms with Crippen molar-refractivity contribution in [2.45, 2.75) is 25.9 Å². The number of hydrogen-bond donors (Lipinski definition) is 1. The molecule has 4 heteroatoms. The van der Waals surface area contributed by atoms with Gasteiger partial charge in [-0.05, 0) is 30.0 Å². The summed E-state index contributed by atoms with van der Waals surface area (Å²) in [6, 6.07) is 7.51. The Morgan fingerprint density at radius 2 is 2.32 bits per heavy atom. The molecule has 2 atom stereocenters. The number of ether oxygens (including phenoxy) is 1. The van der Waals surface area contributed by atoms with Gasteiger partial charge in [0.05, 0.1) is 12.5 Å². The van der Waals surface area contributed by atoms with E-state index < -0.39 is 0 Å². The maximum absolute atomic E-state index is 12.3. The number of likely N-dealkylation sites (tertiary alicyclic amines) is 1. The smallest absolute Gasteiger partial charge is 0.227 e. The summed E-state index contributed by atoms with van der Waals surface area (Å²) < 4.78 is 5.44. The van der Waals surface area contributed by atoms with E-state index in [2.05, 4.69) is 6.92 Å². The van der Waals surface area contributed by atoms with Crippen LogP contribution in [0.5, 0.6) is 0 Å². The van der Waals surface area contributed by atoms with E-state index in [-0.39, 0.29) is 12.0 Å². The minimum Gasteiger partial charge on any atom is -0.399 e. The highest BCUT2D eigenvalue weighted by molar-refractivity contribution is 5.79. The normalized spacial score (nSPS) is 23.4. The van der Waals surface area contributed by atoms with Crippen LogP contribution in [-0.2, 0) is 16.0 Å². The molecule has 19 heavy (non-hydrogen) atoms. The van der Waals surface area contributed by atoms with Crippen molar-refractivity contribution < 1.29 is 9.53 Å². The molecular formula is C15H22N2O2. The van der Waals surface area contributed by atoms with E-state index in [1.807, 2.05) is 29.2 Å². The fourth-order valence-corrected chi connectivity index (χ4v) is 2.56. The van der Waals surface area contributed by atoms with Gasteiger partial charge in [-0.3, -0.25) is 4.79 Å². The first-order valence-corrected chi connectivity index (χ1v) is 6.75. The summed E-state index contributed by atoms with van der Waals surface area (Å²) in [5.41, 5.74) is 7.40. The lowest BCUT2D eigenvalue weighted by Crippen LogP contribution is -2.47. The molecule has 0 aliphatic carbocycles. The fourth-order valence-electron chi connectivity index (χ4n) is 2.56. The van der Waals surface area contributed by atoms with Gasteiger partial charge in [-0.1, -0.05) is 19.1 Å². The summed E-state index contributed by atoms with van der Waals surface area (Å²) in [6.07, 6.45) is 1.57. The number of piperidine rings is 1. The minimum atomic E-state index is 0.151. The molecule has 1 saturated heterocycles. The van der Waals surface area contributed by atoms with Gasteiger partial charge in [-0.25, -0.2) is 0 Å². The second kappa shape index (κ2) is 6.06. The molecule has 1 aliphatic heterocycles. The highest BCUT2D eigenvalue weighted by atomic mass is 16.5. The number of carbonyl (C=O) groups is 1. The summed E-state index contributed by atoms with van der Waals surface area (Å²) in [7, 11) is 1.72. The topological polar surface area (TPSA) is 55.6 Å². The molecule has 1 fully saturated rings. The number of anilines is 1. The summed E-state index contributed by atoms with van der Waals surface area (Å²) in [5.74, 6) is 0.668. The van der Waals surface area contributed by atoms with Crippen LogP contribution in [-0.4, -0.2) is 37.1 Å². The maximum atomic E-state index is 12.3. The third kappa shape index (κ3) is 3.47. The minimum absolute atomic E-state index is 0.151. The Hall–Kier alpha value is -1.55. The van der Waals surface area contributed by atoms with Gasteiger partial charge in [0, 0.05) is 25.9 Å². The van der Waals surface area contributed by atoms with Crippen molar-refractivity contribution in [1.82, 2.24) is 4.90 Å². The van der Waals surface area contributed by atoms with E-state index >= 15 is 0 Å². The largest absolute Gasteiger partial charge is 0.399 e. The van der Waals surface area contributed by atoms with Crippen molar-refractivity contribution in [3.05, 3.63) is 29.8 Å². The number of carbonyl (C=O) groups excluding carboxylic acids is 1. The molecule has 2 unspecified atom stereocenters. The van der Waals surface area contributed by atoms with Crippen LogP contribution in [0.1, 0.15) is 18.9 Å². The van der Waals surface area contributed by atoms with Crippen molar-refractivity contribution in [1.29, 1.82) is 0 Å². The molecule has 0 saturated carbocycles. The lowest BCUT2D eigenvalue weighted by molar-refractivity contribution is -0.135. The Kier molecular flexibility index (Phi) is 4.43. The number of hydrogen-bond acceptors (Lipinski definition) is 3. The Bertz CT molecular complexity index is 448. The van der Waals surface area contributed by atoms with Gasteiger partial charge < -0.3 is 15.4 Å². The second-order valence-corrected chi connectivity index (χ2v) is 5.30. The Balaban J connectivity index is 1.97. The van der Waals surface area contributed by atoms with Crippen LogP contribution in [0.3, 0.4) is 0 Å². The van der Waals surface area contributed by atoms with Crippen LogP contribution in [0.2, 0.25) is 0 Å². The monoisotopic (exact) mass is 262 g/mol. The molecule has 104 valence electrons. The first kappa shape index (κ1) is 13.9. The number of rotatable bonds is 3. The first-order chi connectivity index (χ1) is 9.10. The number of benzene rings is 1. The van der Waals surface area contributed by atoms with Crippen LogP contribution in [0.4, 0.5) is 5.69 Å². The molecule has 1 aromatic rings. The molecule has 0 spiro atoms. The van der Waals surface area contributed by atoms with E-state index in [1.165, 1.54) is 0 Å². The number of amides is 1. The summed E-state index contributed by atoms with van der Waals surface area (Å²) in [4.78, 5) is 14.2. The lowest BCUT2D eigenvalue weighted by Gasteiger charge is -2.36. The number of nitrogens with two attached hydrogens (primary N) is 1. The third-order valence-electron chi connectivity index (χ3n) is 3.85. The molecule has 1 aromatic carbocycles. The highest BCUT2D eigenvalue weighted by Crippen LogP contribution is 2.20. The molecule has 1 aliphatic rings. The SMILES string of the molecule is COC1CN(C(=O)Cc2cccc(N)c2)CCC1C. The van der Waals surface area contributed by atoms with Gasteiger partial charge in [0.25, 0.3) is 0 Å². The molecule has 4 nitrogen and oxygen atoms in total. The average Bonchev–Trinajstić information content (AvgIpc) is 2.39. The summed E-state index contributed by atoms with van der Waals surface area (Å²) in [5, 5.41) is 0. The first-order valence-electron chi connectivity index (χ1n) is 6.75. The van der Waals surface area contributed by atoms with Crippen LogP contribution < -0.4 is 5.73 Å². The Morgan fingerprint density at radius 1 is 1.53 bits per heavy atom. The maximum Gasteiger partial charge on any atom is 0.227 e. The predicted octanol–water partition coefficient (Wildman–Crippen LogP) is 1.69. The van der Waals surface area contributed by atoms with Gasteiger partial charge in [-0.15, -0.1) is 0 Å². The van der Waals surface area contributed by atoms with Crippen molar-refractivity contribution in [2.24, 2.45) is 5.92 Å². The van der Waals surface area contributed by atoms with Crippen LogP contribution >= 0.6 is 0 Å². The van der Waals surface area contributed by atoms with Gasteiger partial charge in [0.1, 0.15) is 0 Å². The zero-order valence-corrected chi connectivity index (χ0v) is 11.6. The van der Waals surface area contributed by atoms with E-state index in [1.54, 1.807) is 7.11 Å². The quantitative estimate of drug-likeness (QED) is 0.843. The molecule has 0 aromatic heterocycles. The Morgan fingerprint density at radius 3 is 3.00 bits per heavy atom. The Labute approximate surface area is 114 Å². The molecule has 1 heterocycles. The van der Waals surface area contributed by atoms with Crippen molar-refractivity contribution in [3.63, 3.8) is 0 Å². The number of methoxy groups -OCH3 is 1. The van der Waals surface area contributed by atoms with Gasteiger partial charge in [0.15, 0.2) is 0 Å². The standard InChI is InChI=1S/C15H22N2O2/c1-11-6-7-17(10-14(11)19-2)15(18)9-12-4-3-5-13(16)8-12/h3-5,8,11,14H,6-7,9-10,16H2,1-2H3. The molecule has 0 radical (unpaired) electrons. The highest BCUT2D eigenvalue weighted by Gasteiger charge is 2.28. The van der Waals surface area contributed by atoms with Crippen molar-refractivity contribution >= 4 is 11.6 Å². The zero-order chi connectivity index (χ0) is 13.8. The van der Waals surface area contributed by atoms with Gasteiger partial charge in [-0.2, -0.15) is 0 Å². The van der Waals surface area contributed by atoms with Gasteiger partial charge >= 0.3 is 0 Å². The van der Waals surface area contributed by atoms with Gasteiger partial charge in [0.2, 0.25) is 5.91 Å². The molecular weight excluding hydrogens is 240 g/mol. The molecule has 1 amide bonds. The van der Waals surface area contributed by atoms with E-state index in [0.29, 0.717) is 24.6 Å². The van der Waals surface area contributed by atoms with Crippen molar-refractivity contribution in [2.75, 3.05) is 25.9 Å². The summed E-state index contributed by atoms with van der Waals surface area (Å²) >= 11 is 0. The average molecular weight is 262 g/mol. The number of nitrogen functional groups attached to an aromatic ring is 1. The third-order valence-corrected chi connectivity index (χ3v) is 3.85. The summed E-state index contributed by atoms with van der Waals surface area (Å²) in [6.45, 7) is 3.69. The molecule has 2 N–H and O–H groups in total. The van der Waals surface area contributed by atoms with Crippen LogP contribution in [0, 0.1) is 5.92 Å². The molecule has 2 rings (SSSR count). The molecule has 0 bridgehead atoms. The predicted molar refractivity (Wildman–Crippen MR) is 75.7 cm³/mol. The zero-order valence-electron chi connectivity index (χ0n) is 11.6. The second-order valence-electron chi connectivity index (χ2n) is 5.30. The van der Waals surface area contributed by atoms with E-state index in [4.69, 9.17) is 10.5 Å². The van der Waals surface area contributed by atoms with Crippen molar-refractivity contribution in [3.8, 4) is 0 Å². The fraction of sp³-hybridized carbons (Fsp3) is 0.533.